The Morgan fingerprint density at radius 3 is 1.69 bits per heavy atom. The van der Waals surface area contributed by atoms with E-state index in [1.807, 2.05) is 0 Å². The van der Waals surface area contributed by atoms with E-state index in [1.165, 1.54) is 6.42 Å². The molecule has 2 fully saturated rings. The third-order valence-electron chi connectivity index (χ3n) is 2.89. The molecule has 16 heavy (non-hydrogen) atoms. The second kappa shape index (κ2) is 5.63. The molecule has 0 aliphatic heterocycles. The van der Waals surface area contributed by atoms with Crippen molar-refractivity contribution in [2.45, 2.75) is 38.5 Å². The van der Waals surface area contributed by atoms with Gasteiger partial charge in [-0.25, -0.2) is 0 Å². The molecule has 5 nitrogen and oxygen atoms in total. The van der Waals surface area contributed by atoms with Crippen molar-refractivity contribution in [3.8, 4) is 0 Å². The topological polar surface area (TPSA) is 91.7 Å². The largest absolute Gasteiger partial charge is 0.481 e. The van der Waals surface area contributed by atoms with Gasteiger partial charge in [-0.15, -0.1) is 0 Å². The number of hydrogen-bond donors (Lipinski definition) is 2. The Hall–Kier alpha value is -1.39. The van der Waals surface area contributed by atoms with E-state index in [0.717, 1.165) is 25.7 Å². The molecular weight excluding hydrogens is 212 g/mol. The summed E-state index contributed by atoms with van der Waals surface area (Å²) < 4.78 is 0. The van der Waals surface area contributed by atoms with E-state index in [-0.39, 0.29) is 18.1 Å². The van der Waals surface area contributed by atoms with Crippen LogP contribution in [-0.2, 0) is 14.4 Å². The van der Waals surface area contributed by atoms with Gasteiger partial charge in [-0.1, -0.05) is 19.3 Å². The molecule has 5 heteroatoms. The Labute approximate surface area is 93.5 Å². The highest BCUT2D eigenvalue weighted by molar-refractivity contribution is 6.11. The minimum atomic E-state index is -0.981. The Bertz CT molecular complexity index is 291. The number of Topliss-reactive ketones (excluding diaryl/α,β-unsaturated/α-hetero) is 1. The first-order valence-corrected chi connectivity index (χ1v) is 5.50. The quantitative estimate of drug-likeness (QED) is 0.695. The summed E-state index contributed by atoms with van der Waals surface area (Å²) in [6.07, 6.45) is 5.48. The lowest BCUT2D eigenvalue weighted by Gasteiger charge is -2.16. The zero-order chi connectivity index (χ0) is 12.1. The van der Waals surface area contributed by atoms with Crippen LogP contribution in [-0.4, -0.2) is 27.9 Å². The SMILES string of the molecule is O=C(O)C1CC1=O.O=C(O)C1CCCCC1. The lowest BCUT2D eigenvalue weighted by atomic mass is 9.90. The molecule has 2 aliphatic carbocycles. The van der Waals surface area contributed by atoms with Gasteiger partial charge in [0.05, 0.1) is 5.92 Å². The molecule has 2 saturated carbocycles. The van der Waals surface area contributed by atoms with Crippen LogP contribution in [0.5, 0.6) is 0 Å². The molecule has 0 saturated heterocycles. The van der Waals surface area contributed by atoms with Gasteiger partial charge in [-0.05, 0) is 12.8 Å². The zero-order valence-electron chi connectivity index (χ0n) is 9.02. The number of rotatable bonds is 2. The summed E-state index contributed by atoms with van der Waals surface area (Å²) >= 11 is 0. The fourth-order valence-corrected chi connectivity index (χ4v) is 1.72. The maximum atomic E-state index is 10.4. The highest BCUT2D eigenvalue weighted by Crippen LogP contribution is 2.23. The van der Waals surface area contributed by atoms with Gasteiger partial charge >= 0.3 is 11.9 Å². The van der Waals surface area contributed by atoms with Gasteiger partial charge in [-0.2, -0.15) is 0 Å². The molecule has 1 atom stereocenters. The minimum absolute atomic E-state index is 0.0289. The lowest BCUT2D eigenvalue weighted by molar-refractivity contribution is -0.143. The van der Waals surface area contributed by atoms with E-state index in [4.69, 9.17) is 10.2 Å². The van der Waals surface area contributed by atoms with Crippen LogP contribution < -0.4 is 0 Å². The van der Waals surface area contributed by atoms with Crippen molar-refractivity contribution in [3.63, 3.8) is 0 Å². The molecule has 2 aliphatic rings. The first-order valence-electron chi connectivity index (χ1n) is 5.50. The second-order valence-corrected chi connectivity index (χ2v) is 4.23. The monoisotopic (exact) mass is 228 g/mol. The fraction of sp³-hybridized carbons (Fsp3) is 0.727. The summed E-state index contributed by atoms with van der Waals surface area (Å²) in [5.74, 6) is -2.41. The average molecular weight is 228 g/mol. The van der Waals surface area contributed by atoms with Crippen LogP contribution in [0.15, 0.2) is 0 Å². The molecular formula is C11H16O5. The average Bonchev–Trinajstić information content (AvgIpc) is 2.98. The minimum Gasteiger partial charge on any atom is -0.481 e. The van der Waals surface area contributed by atoms with Crippen molar-refractivity contribution in [2.24, 2.45) is 11.8 Å². The van der Waals surface area contributed by atoms with E-state index in [9.17, 15) is 14.4 Å². The van der Waals surface area contributed by atoms with Crippen molar-refractivity contribution < 1.29 is 24.6 Å². The molecule has 2 N–H and O–H groups in total. The number of carboxylic acid groups (broad SMARTS) is 2. The molecule has 0 aromatic carbocycles. The Kier molecular flexibility index (Phi) is 4.46. The van der Waals surface area contributed by atoms with Gasteiger partial charge in [-0.3, -0.25) is 14.4 Å². The number of ketones is 1. The fourth-order valence-electron chi connectivity index (χ4n) is 1.72. The van der Waals surface area contributed by atoms with Crippen LogP contribution in [0, 0.1) is 11.8 Å². The van der Waals surface area contributed by atoms with Gasteiger partial charge in [0, 0.05) is 6.42 Å². The molecule has 0 spiro atoms. The van der Waals surface area contributed by atoms with Gasteiger partial charge in [0.15, 0.2) is 0 Å². The van der Waals surface area contributed by atoms with Crippen LogP contribution in [0.2, 0.25) is 0 Å². The molecule has 0 aromatic heterocycles. The number of aliphatic carboxylic acids is 2. The van der Waals surface area contributed by atoms with Crippen LogP contribution in [0.1, 0.15) is 38.5 Å². The standard InChI is InChI=1S/C7H12O2.C4H4O3/c8-7(9)6-4-2-1-3-5-6;5-3-1-2(3)4(6)7/h6H,1-5H2,(H,8,9);2H,1H2,(H,6,7). The van der Waals surface area contributed by atoms with Gasteiger partial charge < -0.3 is 10.2 Å². The van der Waals surface area contributed by atoms with Crippen molar-refractivity contribution in [1.82, 2.24) is 0 Å². The molecule has 0 heterocycles. The molecule has 0 bridgehead atoms. The third-order valence-corrected chi connectivity index (χ3v) is 2.89. The highest BCUT2D eigenvalue weighted by Gasteiger charge is 2.41. The second-order valence-electron chi connectivity index (χ2n) is 4.23. The van der Waals surface area contributed by atoms with Crippen LogP contribution in [0.3, 0.4) is 0 Å². The summed E-state index contributed by atoms with van der Waals surface area (Å²) in [6, 6.07) is 0. The molecule has 90 valence electrons. The van der Waals surface area contributed by atoms with Crippen molar-refractivity contribution in [3.05, 3.63) is 0 Å². The van der Waals surface area contributed by atoms with Crippen molar-refractivity contribution >= 4 is 17.7 Å². The van der Waals surface area contributed by atoms with E-state index in [0.29, 0.717) is 0 Å². The van der Waals surface area contributed by atoms with Crippen LogP contribution in [0.25, 0.3) is 0 Å². The normalized spacial score (nSPS) is 24.2. The van der Waals surface area contributed by atoms with E-state index >= 15 is 0 Å². The van der Waals surface area contributed by atoms with E-state index in [1.54, 1.807) is 0 Å². The molecule has 0 amide bonds. The summed E-state index contributed by atoms with van der Waals surface area (Å²) in [7, 11) is 0. The van der Waals surface area contributed by atoms with Gasteiger partial charge in [0.25, 0.3) is 0 Å². The summed E-state index contributed by atoms with van der Waals surface area (Å²) in [5.41, 5.74) is 0. The zero-order valence-corrected chi connectivity index (χ0v) is 9.02. The van der Waals surface area contributed by atoms with Crippen LogP contribution >= 0.6 is 0 Å². The van der Waals surface area contributed by atoms with Crippen molar-refractivity contribution in [1.29, 1.82) is 0 Å². The smallest absolute Gasteiger partial charge is 0.314 e. The van der Waals surface area contributed by atoms with Crippen molar-refractivity contribution in [2.75, 3.05) is 0 Å². The first kappa shape index (κ1) is 12.7. The molecule has 2 rings (SSSR count). The third kappa shape index (κ3) is 4.00. The maximum absolute atomic E-state index is 10.4. The maximum Gasteiger partial charge on any atom is 0.314 e. The Morgan fingerprint density at radius 2 is 1.50 bits per heavy atom. The lowest BCUT2D eigenvalue weighted by Crippen LogP contribution is -2.16. The van der Waals surface area contributed by atoms with Gasteiger partial charge in [0.1, 0.15) is 11.7 Å². The summed E-state index contributed by atoms with van der Waals surface area (Å²) in [4.78, 5) is 30.1. The number of carbonyl (C=O) groups excluding carboxylic acids is 1. The summed E-state index contributed by atoms with van der Waals surface area (Å²) in [6.45, 7) is 0. The molecule has 0 radical (unpaired) electrons. The molecule has 0 aromatic rings. The van der Waals surface area contributed by atoms with Crippen LogP contribution in [0.4, 0.5) is 0 Å². The highest BCUT2D eigenvalue weighted by atomic mass is 16.4. The van der Waals surface area contributed by atoms with Gasteiger partial charge in [0.2, 0.25) is 0 Å². The molecule has 1 unspecified atom stereocenters. The predicted octanol–water partition coefficient (Wildman–Crippen LogP) is 1.31. The van der Waals surface area contributed by atoms with E-state index in [2.05, 4.69) is 0 Å². The predicted molar refractivity (Wildman–Crippen MR) is 55.0 cm³/mol. The number of carbonyl (C=O) groups is 3. The van der Waals surface area contributed by atoms with E-state index < -0.39 is 17.9 Å². The summed E-state index contributed by atoms with van der Waals surface area (Å²) in [5, 5.41) is 16.5. The number of hydrogen-bond acceptors (Lipinski definition) is 3. The Balaban J connectivity index is 0.000000165. The first-order chi connectivity index (χ1) is 7.52. The number of carboxylic acids is 2. The Morgan fingerprint density at radius 1 is 1.00 bits per heavy atom.